The number of nitrogens with zero attached hydrogens (tertiary/aromatic N) is 1. The lowest BCUT2D eigenvalue weighted by Gasteiger charge is -2.07. The van der Waals surface area contributed by atoms with Crippen LogP contribution in [-0.2, 0) is 9.59 Å². The summed E-state index contributed by atoms with van der Waals surface area (Å²) < 4.78 is 39.0. The maximum Gasteiger partial charge on any atom is 0.240 e. The largest absolute Gasteiger partial charge is 0.326 e. The van der Waals surface area contributed by atoms with Gasteiger partial charge in [-0.25, -0.2) is 18.2 Å². The van der Waals surface area contributed by atoms with E-state index in [9.17, 15) is 22.8 Å². The van der Waals surface area contributed by atoms with Gasteiger partial charge in [-0.2, -0.15) is 0 Å². The van der Waals surface area contributed by atoms with Crippen molar-refractivity contribution in [3.63, 3.8) is 0 Å². The molecule has 134 valence electrons. The number of amidine groups is 1. The molecule has 0 saturated carbocycles. The van der Waals surface area contributed by atoms with Gasteiger partial charge in [0.2, 0.25) is 11.8 Å². The molecule has 1 aliphatic rings. The molecule has 1 saturated heterocycles. The molecule has 3 rings (SSSR count). The molecule has 2 N–H and O–H groups in total. The van der Waals surface area contributed by atoms with Crippen molar-refractivity contribution >= 4 is 40.1 Å². The van der Waals surface area contributed by atoms with Crippen molar-refractivity contribution < 1.29 is 22.8 Å². The van der Waals surface area contributed by atoms with E-state index in [1.54, 1.807) is 0 Å². The van der Waals surface area contributed by atoms with Crippen molar-refractivity contribution in [1.29, 1.82) is 0 Å². The molecule has 1 atom stereocenters. The smallest absolute Gasteiger partial charge is 0.240 e. The fourth-order valence-electron chi connectivity index (χ4n) is 2.18. The maximum absolute atomic E-state index is 13.2. The highest BCUT2D eigenvalue weighted by Gasteiger charge is 2.32. The lowest BCUT2D eigenvalue weighted by Crippen LogP contribution is -2.28. The van der Waals surface area contributed by atoms with E-state index in [1.807, 2.05) is 0 Å². The fourth-order valence-corrected chi connectivity index (χ4v) is 3.17. The molecule has 2 amide bonds. The Bertz CT molecular complexity index is 887. The van der Waals surface area contributed by atoms with Gasteiger partial charge in [0.05, 0.1) is 5.69 Å². The highest BCUT2D eigenvalue weighted by Crippen LogP contribution is 2.26. The van der Waals surface area contributed by atoms with Gasteiger partial charge < -0.3 is 10.6 Å². The van der Waals surface area contributed by atoms with E-state index in [-0.39, 0.29) is 17.3 Å². The van der Waals surface area contributed by atoms with Gasteiger partial charge in [0, 0.05) is 18.2 Å². The lowest BCUT2D eigenvalue weighted by molar-refractivity contribution is -0.122. The molecule has 26 heavy (non-hydrogen) atoms. The van der Waals surface area contributed by atoms with Gasteiger partial charge in [-0.3, -0.25) is 9.59 Å². The molecule has 2 aromatic carbocycles. The zero-order valence-corrected chi connectivity index (χ0v) is 13.9. The van der Waals surface area contributed by atoms with Crippen molar-refractivity contribution in [2.75, 3.05) is 5.32 Å². The molecule has 2 aromatic rings. The van der Waals surface area contributed by atoms with Crippen LogP contribution in [0.2, 0.25) is 0 Å². The summed E-state index contributed by atoms with van der Waals surface area (Å²) in [4.78, 5) is 28.0. The zero-order valence-electron chi connectivity index (χ0n) is 13.1. The molecule has 0 radical (unpaired) electrons. The Hall–Kier alpha value is -2.81. The molecule has 1 heterocycles. The number of benzene rings is 2. The van der Waals surface area contributed by atoms with Crippen LogP contribution in [-0.4, -0.2) is 22.2 Å². The number of thioether (sulfide) groups is 1. The second kappa shape index (κ2) is 7.61. The molecule has 0 bridgehead atoms. The summed E-state index contributed by atoms with van der Waals surface area (Å²) in [6, 6.07) is 8.34. The van der Waals surface area contributed by atoms with Crippen molar-refractivity contribution in [2.24, 2.45) is 4.99 Å². The number of carbonyl (C=O) groups excluding carboxylic acids is 2. The first kappa shape index (κ1) is 18.0. The Morgan fingerprint density at radius 2 is 1.85 bits per heavy atom. The first-order valence-electron chi connectivity index (χ1n) is 7.47. The van der Waals surface area contributed by atoms with Gasteiger partial charge >= 0.3 is 0 Å². The van der Waals surface area contributed by atoms with E-state index in [0.717, 1.165) is 23.9 Å². The minimum atomic E-state index is -1.05. The van der Waals surface area contributed by atoms with Gasteiger partial charge in [-0.15, -0.1) is 0 Å². The Balaban J connectivity index is 1.62. The first-order valence-corrected chi connectivity index (χ1v) is 8.35. The van der Waals surface area contributed by atoms with Gasteiger partial charge in [-0.05, 0) is 36.4 Å². The third-order valence-corrected chi connectivity index (χ3v) is 4.49. The summed E-state index contributed by atoms with van der Waals surface area (Å²) in [6.07, 6.45) is -0.120. The van der Waals surface area contributed by atoms with Crippen LogP contribution in [0.15, 0.2) is 47.5 Å². The lowest BCUT2D eigenvalue weighted by atomic mass is 10.2. The van der Waals surface area contributed by atoms with Crippen molar-refractivity contribution in [3.05, 3.63) is 59.9 Å². The second-order valence-corrected chi connectivity index (χ2v) is 6.56. The van der Waals surface area contributed by atoms with Gasteiger partial charge in [0.1, 0.15) is 11.1 Å². The Morgan fingerprint density at radius 3 is 2.54 bits per heavy atom. The number of nitrogens with one attached hydrogen (secondary N) is 2. The number of hydrogen-bond donors (Lipinski definition) is 2. The molecular weight excluding hydrogens is 367 g/mol. The Kier molecular flexibility index (Phi) is 5.27. The summed E-state index contributed by atoms with van der Waals surface area (Å²) in [5, 5.41) is 4.54. The van der Waals surface area contributed by atoms with Crippen LogP contribution in [0.25, 0.3) is 0 Å². The monoisotopic (exact) mass is 379 g/mol. The molecule has 5 nitrogen and oxygen atoms in total. The SMILES string of the molecule is O=C(CC1SC(=Nc2ccc(F)c(F)c2)NC1=O)Nc1ccc(F)cc1. The van der Waals surface area contributed by atoms with E-state index >= 15 is 0 Å². The van der Waals surface area contributed by atoms with E-state index in [1.165, 1.54) is 30.3 Å². The topological polar surface area (TPSA) is 70.6 Å². The van der Waals surface area contributed by atoms with Crippen LogP contribution in [0.5, 0.6) is 0 Å². The molecule has 0 aliphatic carbocycles. The first-order chi connectivity index (χ1) is 12.4. The van der Waals surface area contributed by atoms with Crippen LogP contribution >= 0.6 is 11.8 Å². The van der Waals surface area contributed by atoms with E-state index in [2.05, 4.69) is 15.6 Å². The number of amides is 2. The van der Waals surface area contributed by atoms with Crippen LogP contribution in [0.4, 0.5) is 24.5 Å². The molecule has 0 aromatic heterocycles. The predicted octanol–water partition coefficient (Wildman–Crippen LogP) is 3.35. The third kappa shape index (κ3) is 4.42. The molecule has 9 heteroatoms. The van der Waals surface area contributed by atoms with Gasteiger partial charge in [-0.1, -0.05) is 11.8 Å². The zero-order chi connectivity index (χ0) is 18.7. The number of anilines is 1. The number of aliphatic imine (C=N–C) groups is 1. The Labute approximate surface area is 150 Å². The van der Waals surface area contributed by atoms with Crippen molar-refractivity contribution in [1.82, 2.24) is 5.32 Å². The number of carbonyl (C=O) groups is 2. The molecule has 0 spiro atoms. The van der Waals surface area contributed by atoms with Gasteiger partial charge in [0.15, 0.2) is 16.8 Å². The normalized spacial score (nSPS) is 18.0. The highest BCUT2D eigenvalue weighted by molar-refractivity contribution is 8.15. The fraction of sp³-hybridized carbons (Fsp3) is 0.118. The number of hydrogen-bond acceptors (Lipinski definition) is 4. The predicted molar refractivity (Wildman–Crippen MR) is 92.6 cm³/mol. The molecule has 1 fully saturated rings. The Morgan fingerprint density at radius 1 is 1.12 bits per heavy atom. The molecule has 1 aliphatic heterocycles. The van der Waals surface area contributed by atoms with E-state index in [4.69, 9.17) is 0 Å². The van der Waals surface area contributed by atoms with Crippen molar-refractivity contribution in [3.8, 4) is 0 Å². The van der Waals surface area contributed by atoms with Crippen LogP contribution in [0.3, 0.4) is 0 Å². The average molecular weight is 379 g/mol. The molecule has 1 unspecified atom stereocenters. The maximum atomic E-state index is 13.2. The summed E-state index contributed by atoms with van der Waals surface area (Å²) in [7, 11) is 0. The second-order valence-electron chi connectivity index (χ2n) is 5.37. The van der Waals surface area contributed by atoms with Crippen molar-refractivity contribution in [2.45, 2.75) is 11.7 Å². The van der Waals surface area contributed by atoms with E-state index < -0.39 is 34.5 Å². The number of rotatable bonds is 4. The van der Waals surface area contributed by atoms with Gasteiger partial charge in [0.25, 0.3) is 0 Å². The summed E-state index contributed by atoms with van der Waals surface area (Å²) in [5.74, 6) is -3.29. The quantitative estimate of drug-likeness (QED) is 0.856. The van der Waals surface area contributed by atoms with Crippen LogP contribution in [0.1, 0.15) is 6.42 Å². The third-order valence-electron chi connectivity index (χ3n) is 3.41. The molecular formula is C17H12F3N3O2S. The minimum Gasteiger partial charge on any atom is -0.326 e. The van der Waals surface area contributed by atoms with E-state index in [0.29, 0.717) is 5.69 Å². The van der Waals surface area contributed by atoms with Crippen LogP contribution < -0.4 is 10.6 Å². The summed E-state index contributed by atoms with van der Waals surface area (Å²) in [5.41, 5.74) is 0.554. The minimum absolute atomic E-state index is 0.120. The summed E-state index contributed by atoms with van der Waals surface area (Å²) in [6.45, 7) is 0. The van der Waals surface area contributed by atoms with Crippen LogP contribution in [0, 0.1) is 17.5 Å². The highest BCUT2D eigenvalue weighted by atomic mass is 32.2. The standard InChI is InChI=1S/C17H12F3N3O2S/c18-9-1-3-10(4-2-9)21-15(24)8-14-16(25)23-17(26-14)22-11-5-6-12(19)13(20)7-11/h1-7,14H,8H2,(H,21,24)(H,22,23,25). The summed E-state index contributed by atoms with van der Waals surface area (Å²) >= 11 is 1.02. The average Bonchev–Trinajstić information content (AvgIpc) is 2.92. The number of halogens is 3.